The first kappa shape index (κ1) is 40.4. The molecule has 1 aliphatic carbocycles. The van der Waals surface area contributed by atoms with Crippen LogP contribution in [0.3, 0.4) is 0 Å². The first-order valence-corrected chi connectivity index (χ1v) is 21.4. The monoisotopic (exact) mass is 768 g/mol. The molecule has 3 heterocycles. The number of rotatable bonds is 17. The van der Waals surface area contributed by atoms with Crippen molar-refractivity contribution in [1.29, 1.82) is 0 Å². The molecule has 1 N–H and O–H groups in total. The van der Waals surface area contributed by atoms with Gasteiger partial charge in [-0.1, -0.05) is 50.1 Å². The van der Waals surface area contributed by atoms with Crippen LogP contribution in [0, 0.1) is 17.8 Å². The lowest BCUT2D eigenvalue weighted by Gasteiger charge is -2.54. The Morgan fingerprint density at radius 1 is 1.11 bits per heavy atom. The Balaban J connectivity index is 1.26. The van der Waals surface area contributed by atoms with Crippen LogP contribution in [0.15, 0.2) is 48.6 Å². The van der Waals surface area contributed by atoms with Crippen LogP contribution in [0.5, 0.6) is 5.75 Å². The minimum atomic E-state index is -1.07. The van der Waals surface area contributed by atoms with Crippen molar-refractivity contribution in [2.24, 2.45) is 17.8 Å². The number of hydrogen-bond acceptors (Lipinski definition) is 8. The summed E-state index contributed by atoms with van der Waals surface area (Å²) in [5.41, 5.74) is 3.76. The van der Waals surface area contributed by atoms with Gasteiger partial charge in [0, 0.05) is 80.7 Å². The predicted octanol–water partition coefficient (Wildman–Crippen LogP) is 6.37. The lowest BCUT2D eigenvalue weighted by atomic mass is 9.63. The zero-order chi connectivity index (χ0) is 37.5. The molecule has 0 spiro atoms. The Morgan fingerprint density at radius 2 is 1.91 bits per heavy atom. The number of fused-ring (bicyclic) bond motifs is 1. The van der Waals surface area contributed by atoms with Crippen LogP contribution in [-0.4, -0.2) is 117 Å². The van der Waals surface area contributed by atoms with Crippen molar-refractivity contribution in [3.05, 3.63) is 70.3 Å². The number of nitrogens with zero attached hydrogens (tertiary/aromatic N) is 3. The Kier molecular flexibility index (Phi) is 14.1. The van der Waals surface area contributed by atoms with Crippen LogP contribution in [0.2, 0.25) is 5.02 Å². The number of morpholine rings is 1. The van der Waals surface area contributed by atoms with Gasteiger partial charge in [-0.15, -0.1) is 0 Å². The zero-order valence-electron chi connectivity index (χ0n) is 32.4. The number of allylic oxidation sites excluding steroid dienone is 1. The van der Waals surface area contributed by atoms with Crippen LogP contribution in [0.1, 0.15) is 73.9 Å². The third-order valence-corrected chi connectivity index (χ3v) is 14.3. The van der Waals surface area contributed by atoms with Crippen LogP contribution in [0.4, 0.5) is 5.69 Å². The summed E-state index contributed by atoms with van der Waals surface area (Å²) in [5.74, 6) is 1.93. The maximum Gasteiger partial charge on any atom is 0.150 e. The molecular formula is C42H61ClN4O5S. The van der Waals surface area contributed by atoms with Gasteiger partial charge >= 0.3 is 0 Å². The van der Waals surface area contributed by atoms with Gasteiger partial charge in [0.25, 0.3) is 0 Å². The van der Waals surface area contributed by atoms with Gasteiger partial charge in [-0.05, 0) is 98.9 Å². The number of aryl methyl sites for hydroxylation is 1. The quantitative estimate of drug-likeness (QED) is 0.147. The number of methoxy groups -OCH3 is 1. The van der Waals surface area contributed by atoms with E-state index in [0.717, 1.165) is 114 Å². The van der Waals surface area contributed by atoms with Gasteiger partial charge in [-0.2, -0.15) is 0 Å². The van der Waals surface area contributed by atoms with Gasteiger partial charge in [0.05, 0.1) is 36.5 Å². The highest BCUT2D eigenvalue weighted by Crippen LogP contribution is 2.47. The molecule has 2 aromatic rings. The molecule has 0 amide bonds. The molecular weight excluding hydrogens is 708 g/mol. The van der Waals surface area contributed by atoms with Gasteiger partial charge in [0.15, 0.2) is 0 Å². The minimum absolute atomic E-state index is 0.0377. The van der Waals surface area contributed by atoms with Gasteiger partial charge < -0.3 is 19.1 Å². The van der Waals surface area contributed by atoms with E-state index in [1.165, 1.54) is 11.1 Å². The number of anilines is 1. The summed E-state index contributed by atoms with van der Waals surface area (Å²) in [6.45, 7) is 15.2. The molecule has 7 atom stereocenters. The molecule has 6 rings (SSSR count). The van der Waals surface area contributed by atoms with Gasteiger partial charge in [-0.3, -0.25) is 14.6 Å². The summed E-state index contributed by atoms with van der Waals surface area (Å²) in [5, 5.41) is 0.803. The molecule has 3 aliphatic heterocycles. The highest BCUT2D eigenvalue weighted by atomic mass is 35.5. The third-order valence-electron chi connectivity index (χ3n) is 12.5. The van der Waals surface area contributed by atoms with Crippen molar-refractivity contribution < 1.29 is 23.2 Å². The lowest BCUT2D eigenvalue weighted by Crippen LogP contribution is -2.65. The van der Waals surface area contributed by atoms with Crippen LogP contribution in [-0.2, 0) is 26.9 Å². The zero-order valence-corrected chi connectivity index (χ0v) is 34.0. The number of halogens is 1. The number of ether oxygens (including phenoxy) is 3. The van der Waals surface area contributed by atoms with Crippen molar-refractivity contribution in [3.63, 3.8) is 0 Å². The molecule has 0 aromatic heterocycles. The number of likely N-dealkylation sites (tertiary alicyclic amines) is 1. The second-order valence-corrected chi connectivity index (χ2v) is 18.0. The average Bonchev–Trinajstić information content (AvgIpc) is 3.33. The third kappa shape index (κ3) is 9.39. The molecule has 1 saturated carbocycles. The van der Waals surface area contributed by atoms with Crippen molar-refractivity contribution in [3.8, 4) is 5.75 Å². The van der Waals surface area contributed by atoms with Gasteiger partial charge in [-0.25, -0.2) is 8.93 Å². The topological polar surface area (TPSA) is 83.6 Å². The van der Waals surface area contributed by atoms with E-state index in [2.05, 4.69) is 64.5 Å². The molecule has 3 fully saturated rings. The van der Waals surface area contributed by atoms with Crippen molar-refractivity contribution in [2.45, 2.75) is 75.7 Å². The molecule has 2 aromatic carbocycles. The average molecular weight is 769 g/mol. The van der Waals surface area contributed by atoms with E-state index in [-0.39, 0.29) is 17.1 Å². The fraction of sp³-hybridized carbons (Fsp3) is 0.643. The standard InChI is InChI=1S/C42H61ClN4O5S/c1-6-8-33-22-36(43)12-13-38(33)35-24-47(40-21-32(27-48)10-15-41(40)52-28-35)23-34-11-14-39(34)42(50-5,16-7-9-30(2)31(3)53(49)44-4)29-45-25-37(26-45)46-17-19-51-20-18-46/h7,10,12-13,15-16,21-22,27,30-31,34-35,37,39,44H,6,8-9,11,14,17-20,23-26,28-29H2,1-5H3/b16-7+. The Hall–Kier alpha value is -2.31. The number of carbonyl (C=O) groups is 1. The summed E-state index contributed by atoms with van der Waals surface area (Å²) in [4.78, 5) is 19.6. The molecule has 2 saturated heterocycles. The first-order valence-electron chi connectivity index (χ1n) is 19.8. The fourth-order valence-electron chi connectivity index (χ4n) is 8.96. The summed E-state index contributed by atoms with van der Waals surface area (Å²) in [6, 6.07) is 12.7. The summed E-state index contributed by atoms with van der Waals surface area (Å²) in [7, 11) is 2.58. The van der Waals surface area contributed by atoms with E-state index < -0.39 is 16.6 Å². The number of hydrogen-bond donors (Lipinski definition) is 1. The molecule has 11 heteroatoms. The van der Waals surface area contributed by atoms with Crippen molar-refractivity contribution in [1.82, 2.24) is 14.5 Å². The number of aldehydes is 1. The van der Waals surface area contributed by atoms with Crippen LogP contribution >= 0.6 is 11.6 Å². The molecule has 9 nitrogen and oxygen atoms in total. The Bertz CT molecular complexity index is 1580. The number of nitrogens with one attached hydrogen (secondary N) is 1. The van der Waals surface area contributed by atoms with E-state index in [9.17, 15) is 9.00 Å². The number of carbonyl (C=O) groups excluding carboxylic acids is 1. The lowest BCUT2D eigenvalue weighted by molar-refractivity contribution is -0.113. The summed E-state index contributed by atoms with van der Waals surface area (Å²) < 4.78 is 34.3. The smallest absolute Gasteiger partial charge is 0.150 e. The molecule has 0 radical (unpaired) electrons. The summed E-state index contributed by atoms with van der Waals surface area (Å²) >= 11 is 6.49. The van der Waals surface area contributed by atoms with E-state index in [1.54, 1.807) is 7.05 Å². The molecule has 53 heavy (non-hydrogen) atoms. The van der Waals surface area contributed by atoms with Crippen molar-refractivity contribution >= 4 is 34.6 Å². The van der Waals surface area contributed by atoms with Gasteiger partial charge in [0.1, 0.15) is 17.6 Å². The van der Waals surface area contributed by atoms with E-state index >= 15 is 0 Å². The Labute approximate surface area is 325 Å². The SMILES string of the molecule is CCCc1cc(Cl)ccc1C1COc2ccc(C=O)cc2N(CC2CCC2C(/C=C/CC(C)C(C)S(=O)NC)(CN2CC(N3CCOCC3)C2)OC)C1. The largest absolute Gasteiger partial charge is 0.491 e. The highest BCUT2D eigenvalue weighted by Gasteiger charge is 2.50. The second kappa shape index (κ2) is 18.5. The summed E-state index contributed by atoms with van der Waals surface area (Å²) in [6.07, 6.45) is 10.6. The second-order valence-electron chi connectivity index (χ2n) is 15.8. The highest BCUT2D eigenvalue weighted by molar-refractivity contribution is 7.83. The Morgan fingerprint density at radius 3 is 2.58 bits per heavy atom. The maximum absolute atomic E-state index is 12.5. The normalized spacial score (nSPS) is 25.7. The van der Waals surface area contributed by atoms with Gasteiger partial charge in [0.2, 0.25) is 0 Å². The van der Waals surface area contributed by atoms with Crippen LogP contribution in [0.25, 0.3) is 0 Å². The predicted molar refractivity (Wildman–Crippen MR) is 216 cm³/mol. The minimum Gasteiger partial charge on any atom is -0.491 e. The molecule has 292 valence electrons. The van der Waals surface area contributed by atoms with E-state index in [0.29, 0.717) is 30.0 Å². The van der Waals surface area contributed by atoms with E-state index in [4.69, 9.17) is 25.8 Å². The van der Waals surface area contributed by atoms with Crippen molar-refractivity contribution in [2.75, 3.05) is 84.7 Å². The van der Waals surface area contributed by atoms with Crippen LogP contribution < -0.4 is 14.4 Å². The molecule has 7 unspecified atom stereocenters. The van der Waals surface area contributed by atoms with E-state index in [1.807, 2.05) is 31.4 Å². The maximum atomic E-state index is 12.5. The first-order chi connectivity index (χ1) is 25.7. The molecule has 0 bridgehead atoms. The molecule has 4 aliphatic rings. The fourth-order valence-corrected chi connectivity index (χ4v) is 10.1. The number of benzene rings is 2.